The van der Waals surface area contributed by atoms with Crippen LogP contribution in [0.4, 0.5) is 5.95 Å². The molecule has 1 amide bonds. The van der Waals surface area contributed by atoms with Crippen LogP contribution >= 0.6 is 0 Å². The van der Waals surface area contributed by atoms with Gasteiger partial charge in [-0.1, -0.05) is 36.4 Å². The smallest absolute Gasteiger partial charge is 0.277 e. The van der Waals surface area contributed by atoms with Crippen molar-refractivity contribution >= 4 is 29.8 Å². The molecule has 0 fully saturated rings. The minimum absolute atomic E-state index is 0.175. The number of carbonyl (C=O) groups excluding carboxylic acids is 1. The Labute approximate surface area is 164 Å². The molecule has 1 aliphatic heterocycles. The van der Waals surface area contributed by atoms with E-state index >= 15 is 0 Å². The van der Waals surface area contributed by atoms with E-state index in [2.05, 4.69) is 19.8 Å². The van der Waals surface area contributed by atoms with Gasteiger partial charge in [-0.25, -0.2) is 21.5 Å². The lowest BCUT2D eigenvalue weighted by atomic mass is 10.2. The second-order valence-electron chi connectivity index (χ2n) is 6.23. The van der Waals surface area contributed by atoms with Crippen molar-refractivity contribution < 1.29 is 4.79 Å². The molecule has 0 bridgehead atoms. The van der Waals surface area contributed by atoms with Gasteiger partial charge < -0.3 is 9.74 Å². The Balaban J connectivity index is 1.76. The standard InChI is InChI=1S/C21H20N6O/c1-22-11-12-26(2)21-23-14-17(15-24-21)13-18-20(28)27(3)19(25-18)10-9-16-7-5-4-6-8-16/h4-10,13-15H,11-12H2,2-3H3/b10-9+,18-13-. The van der Waals surface area contributed by atoms with Gasteiger partial charge in [0.25, 0.3) is 5.91 Å². The highest BCUT2D eigenvalue weighted by atomic mass is 16.2. The van der Waals surface area contributed by atoms with Gasteiger partial charge in [0.2, 0.25) is 12.5 Å². The molecule has 0 unspecified atom stereocenters. The molecule has 7 nitrogen and oxygen atoms in total. The van der Waals surface area contributed by atoms with Gasteiger partial charge in [-0.2, -0.15) is 0 Å². The highest BCUT2D eigenvalue weighted by Crippen LogP contribution is 2.18. The number of amides is 1. The molecule has 3 rings (SSSR count). The predicted octanol–water partition coefficient (Wildman–Crippen LogP) is 2.76. The first-order valence-corrected chi connectivity index (χ1v) is 8.76. The summed E-state index contributed by atoms with van der Waals surface area (Å²) >= 11 is 0. The molecule has 0 N–H and O–H groups in total. The number of nitrogens with zero attached hydrogens (tertiary/aromatic N) is 6. The van der Waals surface area contributed by atoms with Crippen LogP contribution in [0.2, 0.25) is 0 Å². The Morgan fingerprint density at radius 1 is 1.14 bits per heavy atom. The van der Waals surface area contributed by atoms with Crippen molar-refractivity contribution in [2.75, 3.05) is 32.1 Å². The number of hydrogen-bond acceptors (Lipinski definition) is 5. The normalized spacial score (nSPS) is 15.2. The molecule has 140 valence electrons. The molecular formula is C21H20N6O. The van der Waals surface area contributed by atoms with Crippen LogP contribution in [0.15, 0.2) is 59.5 Å². The topological polar surface area (TPSA) is 66.1 Å². The quantitative estimate of drug-likeness (QED) is 0.578. The molecule has 0 atom stereocenters. The van der Waals surface area contributed by atoms with Gasteiger partial charge >= 0.3 is 0 Å². The maximum atomic E-state index is 12.5. The van der Waals surface area contributed by atoms with E-state index in [-0.39, 0.29) is 5.91 Å². The Bertz CT molecular complexity index is 970. The van der Waals surface area contributed by atoms with Gasteiger partial charge in [0, 0.05) is 32.1 Å². The summed E-state index contributed by atoms with van der Waals surface area (Å²) in [5.41, 5.74) is 2.07. The molecular weight excluding hydrogens is 352 g/mol. The number of amidine groups is 1. The minimum atomic E-state index is -0.175. The summed E-state index contributed by atoms with van der Waals surface area (Å²) in [5, 5.41) is 0. The third-order valence-electron chi connectivity index (χ3n) is 4.18. The lowest BCUT2D eigenvalue weighted by molar-refractivity contribution is -0.121. The number of carbonyl (C=O) groups is 1. The number of benzene rings is 1. The van der Waals surface area contributed by atoms with Crippen LogP contribution in [0.1, 0.15) is 11.1 Å². The second-order valence-corrected chi connectivity index (χ2v) is 6.23. The summed E-state index contributed by atoms with van der Waals surface area (Å²) in [4.78, 5) is 32.1. The highest BCUT2D eigenvalue weighted by Gasteiger charge is 2.25. The Morgan fingerprint density at radius 3 is 2.54 bits per heavy atom. The third-order valence-corrected chi connectivity index (χ3v) is 4.18. The van der Waals surface area contributed by atoms with Gasteiger partial charge in [-0.15, -0.1) is 0 Å². The van der Waals surface area contributed by atoms with Gasteiger partial charge in [-0.3, -0.25) is 9.69 Å². The number of aromatic nitrogens is 2. The average Bonchev–Trinajstić information content (AvgIpc) is 2.99. The Kier molecular flexibility index (Phi) is 5.92. The van der Waals surface area contributed by atoms with Crippen LogP contribution in [-0.4, -0.2) is 53.8 Å². The molecule has 0 saturated heterocycles. The van der Waals surface area contributed by atoms with Crippen molar-refractivity contribution in [1.29, 1.82) is 0 Å². The average molecular weight is 372 g/mol. The molecule has 0 aliphatic carbocycles. The summed E-state index contributed by atoms with van der Waals surface area (Å²) in [6.07, 6.45) is 8.70. The van der Waals surface area contributed by atoms with E-state index in [9.17, 15) is 4.79 Å². The van der Waals surface area contributed by atoms with Crippen molar-refractivity contribution in [3.63, 3.8) is 0 Å². The van der Waals surface area contributed by atoms with Crippen molar-refractivity contribution in [3.05, 3.63) is 77.0 Å². The molecule has 1 aromatic carbocycles. The fraction of sp³-hybridized carbons (Fsp3) is 0.190. The Hall–Kier alpha value is -3.79. The monoisotopic (exact) mass is 372 g/mol. The fourth-order valence-corrected chi connectivity index (χ4v) is 2.56. The number of anilines is 1. The summed E-state index contributed by atoms with van der Waals surface area (Å²) in [6, 6.07) is 9.84. The highest BCUT2D eigenvalue weighted by molar-refractivity contribution is 6.18. The first-order chi connectivity index (χ1) is 13.6. The molecule has 2 heterocycles. The zero-order valence-corrected chi connectivity index (χ0v) is 15.8. The molecule has 2 aromatic rings. The van der Waals surface area contributed by atoms with Crippen LogP contribution < -0.4 is 4.90 Å². The SMILES string of the molecule is [C-]#[N+]CCN(C)c1ncc(/C=C2N=C(/C=C/c3ccccc3)N(C)C\2=O)cn1. The van der Waals surface area contributed by atoms with Crippen LogP contribution in [0.3, 0.4) is 0 Å². The maximum absolute atomic E-state index is 12.5. The number of aliphatic imine (C=N–C) groups is 1. The molecule has 28 heavy (non-hydrogen) atoms. The van der Waals surface area contributed by atoms with Gasteiger partial charge in [0.15, 0.2) is 0 Å². The largest absolute Gasteiger partial charge is 0.336 e. The first kappa shape index (κ1) is 19.0. The van der Waals surface area contributed by atoms with Crippen molar-refractivity contribution in [2.24, 2.45) is 4.99 Å². The number of likely N-dealkylation sites (N-methyl/N-ethyl adjacent to an activating group) is 2. The molecule has 1 aliphatic rings. The summed E-state index contributed by atoms with van der Waals surface area (Å²) in [6.45, 7) is 7.80. The third kappa shape index (κ3) is 4.48. The van der Waals surface area contributed by atoms with Gasteiger partial charge in [0.1, 0.15) is 11.5 Å². The molecule has 0 radical (unpaired) electrons. The van der Waals surface area contributed by atoms with Crippen LogP contribution in [0.5, 0.6) is 0 Å². The predicted molar refractivity (Wildman–Crippen MR) is 110 cm³/mol. The molecule has 0 spiro atoms. The summed E-state index contributed by atoms with van der Waals surface area (Å²) in [5.74, 6) is 0.943. The van der Waals surface area contributed by atoms with E-state index in [1.165, 1.54) is 4.90 Å². The number of hydrogen-bond donors (Lipinski definition) is 0. The fourth-order valence-electron chi connectivity index (χ4n) is 2.56. The minimum Gasteiger partial charge on any atom is -0.336 e. The molecule has 7 heteroatoms. The maximum Gasteiger partial charge on any atom is 0.277 e. The van der Waals surface area contributed by atoms with E-state index < -0.39 is 0 Å². The van der Waals surface area contributed by atoms with Crippen LogP contribution in [0, 0.1) is 6.57 Å². The molecule has 1 aromatic heterocycles. The lowest BCUT2D eigenvalue weighted by Crippen LogP contribution is -2.26. The first-order valence-electron chi connectivity index (χ1n) is 8.76. The Morgan fingerprint density at radius 2 is 1.86 bits per heavy atom. The number of rotatable bonds is 6. The van der Waals surface area contributed by atoms with E-state index in [0.29, 0.717) is 36.1 Å². The van der Waals surface area contributed by atoms with Crippen molar-refractivity contribution in [3.8, 4) is 0 Å². The van der Waals surface area contributed by atoms with Crippen LogP contribution in [-0.2, 0) is 4.79 Å². The summed E-state index contributed by atoms with van der Waals surface area (Å²) < 4.78 is 0. The van der Waals surface area contributed by atoms with E-state index in [1.807, 2.05) is 54.4 Å². The second kappa shape index (κ2) is 8.73. The van der Waals surface area contributed by atoms with Gasteiger partial charge in [0.05, 0.1) is 6.54 Å². The zero-order chi connectivity index (χ0) is 19.9. The van der Waals surface area contributed by atoms with E-state index in [0.717, 1.165) is 5.56 Å². The van der Waals surface area contributed by atoms with Crippen molar-refractivity contribution in [2.45, 2.75) is 0 Å². The lowest BCUT2D eigenvalue weighted by Gasteiger charge is -2.13. The molecule has 0 saturated carbocycles. The van der Waals surface area contributed by atoms with E-state index in [1.54, 1.807) is 25.5 Å². The van der Waals surface area contributed by atoms with E-state index in [4.69, 9.17) is 6.57 Å². The summed E-state index contributed by atoms with van der Waals surface area (Å²) in [7, 11) is 3.53. The van der Waals surface area contributed by atoms with Crippen molar-refractivity contribution in [1.82, 2.24) is 14.9 Å². The zero-order valence-electron chi connectivity index (χ0n) is 15.8. The van der Waals surface area contributed by atoms with Gasteiger partial charge in [-0.05, 0) is 17.7 Å². The van der Waals surface area contributed by atoms with Crippen LogP contribution in [0.25, 0.3) is 17.0 Å².